The van der Waals surface area contributed by atoms with Gasteiger partial charge in [-0.25, -0.2) is 0 Å². The van der Waals surface area contributed by atoms with Gasteiger partial charge in [0.05, 0.1) is 7.11 Å². The summed E-state index contributed by atoms with van der Waals surface area (Å²) in [6.45, 7) is 0.453. The lowest BCUT2D eigenvalue weighted by Gasteiger charge is -1.98. The number of aryl methyl sites for hydroxylation is 2. The van der Waals surface area contributed by atoms with E-state index in [2.05, 4.69) is 25.7 Å². The first-order chi connectivity index (χ1) is 10.3. The molecule has 2 aromatic heterocycles. The molecule has 2 heterocycles. The van der Waals surface area contributed by atoms with Gasteiger partial charge >= 0.3 is 0 Å². The van der Waals surface area contributed by atoms with Gasteiger partial charge in [0.1, 0.15) is 16.7 Å². The Kier molecular flexibility index (Phi) is 7.13. The second kappa shape index (κ2) is 9.13. The number of hydrogen-bond donors (Lipinski definition) is 1. The third-order valence-corrected chi connectivity index (χ3v) is 5.25. The average molecular weight is 347 g/mol. The third kappa shape index (κ3) is 5.73. The Hall–Kier alpha value is -0.970. The van der Waals surface area contributed by atoms with Crippen molar-refractivity contribution in [1.82, 2.24) is 20.4 Å². The topological polar surface area (TPSA) is 82.0 Å². The zero-order chi connectivity index (χ0) is 14.9. The summed E-state index contributed by atoms with van der Waals surface area (Å²) in [5, 5.41) is 22.7. The number of anilines is 1. The number of hydrogen-bond acceptors (Lipinski definition) is 10. The van der Waals surface area contributed by atoms with E-state index in [1.807, 2.05) is 11.8 Å². The fraction of sp³-hybridized carbons (Fsp3) is 0.636. The first-order valence-electron chi connectivity index (χ1n) is 6.31. The monoisotopic (exact) mass is 347 g/mol. The Morgan fingerprint density at radius 1 is 1.00 bits per heavy atom. The predicted molar refractivity (Wildman–Crippen MR) is 86.6 cm³/mol. The Balaban J connectivity index is 1.60. The lowest BCUT2D eigenvalue weighted by atomic mass is 10.5. The molecule has 0 aliphatic heterocycles. The maximum absolute atomic E-state index is 5.02. The molecule has 0 aliphatic rings. The second-order valence-corrected chi connectivity index (χ2v) is 7.20. The van der Waals surface area contributed by atoms with Crippen LogP contribution in [0.2, 0.25) is 0 Å². The van der Waals surface area contributed by atoms with Crippen molar-refractivity contribution in [2.24, 2.45) is 0 Å². The van der Waals surface area contributed by atoms with E-state index >= 15 is 0 Å². The normalized spacial score (nSPS) is 10.8. The van der Waals surface area contributed by atoms with Crippen LogP contribution in [-0.4, -0.2) is 52.9 Å². The molecule has 116 valence electrons. The maximum Gasteiger partial charge on any atom is 0.293 e. The van der Waals surface area contributed by atoms with Crippen molar-refractivity contribution in [2.45, 2.75) is 12.8 Å². The highest BCUT2D eigenvalue weighted by molar-refractivity contribution is 7.99. The van der Waals surface area contributed by atoms with Crippen LogP contribution >= 0.6 is 34.4 Å². The summed E-state index contributed by atoms with van der Waals surface area (Å²) < 4.78 is 9.94. The smallest absolute Gasteiger partial charge is 0.293 e. The molecular weight excluding hydrogens is 330 g/mol. The summed E-state index contributed by atoms with van der Waals surface area (Å²) in [5.74, 6) is 2.04. The molecule has 2 rings (SSSR count). The SMILES string of the molecule is COCNc1nnc(CCSCCc2nnc(OC)s2)s1. The van der Waals surface area contributed by atoms with Crippen LogP contribution in [0.3, 0.4) is 0 Å². The van der Waals surface area contributed by atoms with Crippen LogP contribution in [0.5, 0.6) is 5.19 Å². The highest BCUT2D eigenvalue weighted by atomic mass is 32.2. The van der Waals surface area contributed by atoms with E-state index in [0.29, 0.717) is 11.9 Å². The summed E-state index contributed by atoms with van der Waals surface area (Å²) >= 11 is 4.95. The van der Waals surface area contributed by atoms with Crippen LogP contribution in [0.1, 0.15) is 10.0 Å². The molecule has 0 radical (unpaired) electrons. The van der Waals surface area contributed by atoms with E-state index in [1.54, 1.807) is 25.6 Å². The molecular formula is C11H17N5O2S3. The maximum atomic E-state index is 5.02. The Labute approximate surface area is 135 Å². The van der Waals surface area contributed by atoms with E-state index in [-0.39, 0.29) is 0 Å². The number of nitrogens with zero attached hydrogens (tertiary/aromatic N) is 4. The zero-order valence-corrected chi connectivity index (χ0v) is 14.3. The molecule has 0 bridgehead atoms. The minimum absolute atomic E-state index is 0.453. The molecule has 0 atom stereocenters. The van der Waals surface area contributed by atoms with Crippen LogP contribution in [0, 0.1) is 0 Å². The lowest BCUT2D eigenvalue weighted by molar-refractivity contribution is 0.221. The molecule has 10 heteroatoms. The van der Waals surface area contributed by atoms with Gasteiger partial charge in [-0.05, 0) is 11.5 Å². The largest absolute Gasteiger partial charge is 0.472 e. The van der Waals surface area contributed by atoms with E-state index in [1.165, 1.54) is 11.3 Å². The highest BCUT2D eigenvalue weighted by Crippen LogP contribution is 2.20. The van der Waals surface area contributed by atoms with Crippen LogP contribution in [-0.2, 0) is 17.6 Å². The van der Waals surface area contributed by atoms with Crippen molar-refractivity contribution in [3.05, 3.63) is 10.0 Å². The van der Waals surface area contributed by atoms with E-state index < -0.39 is 0 Å². The van der Waals surface area contributed by atoms with Crippen LogP contribution < -0.4 is 10.1 Å². The van der Waals surface area contributed by atoms with Gasteiger partial charge in [-0.2, -0.15) is 11.8 Å². The van der Waals surface area contributed by atoms with Crippen LogP contribution in [0.15, 0.2) is 0 Å². The number of methoxy groups -OCH3 is 2. The summed E-state index contributed by atoms with van der Waals surface area (Å²) in [7, 11) is 3.25. The molecule has 0 spiro atoms. The number of thioether (sulfide) groups is 1. The Morgan fingerprint density at radius 2 is 1.71 bits per heavy atom. The number of ether oxygens (including phenoxy) is 2. The second-order valence-electron chi connectivity index (χ2n) is 3.89. The van der Waals surface area contributed by atoms with Gasteiger partial charge in [0.2, 0.25) is 5.13 Å². The van der Waals surface area contributed by atoms with Gasteiger partial charge in [0, 0.05) is 20.0 Å². The lowest BCUT2D eigenvalue weighted by Crippen LogP contribution is -2.01. The molecule has 0 unspecified atom stereocenters. The van der Waals surface area contributed by atoms with Crippen molar-refractivity contribution in [1.29, 1.82) is 0 Å². The molecule has 0 amide bonds. The molecule has 0 saturated heterocycles. The number of rotatable bonds is 10. The van der Waals surface area contributed by atoms with Gasteiger partial charge in [-0.15, -0.1) is 20.4 Å². The highest BCUT2D eigenvalue weighted by Gasteiger charge is 2.05. The van der Waals surface area contributed by atoms with Crippen LogP contribution in [0.25, 0.3) is 0 Å². The van der Waals surface area contributed by atoms with E-state index in [0.717, 1.165) is 39.5 Å². The Morgan fingerprint density at radius 3 is 2.38 bits per heavy atom. The van der Waals surface area contributed by atoms with Crippen molar-refractivity contribution in [3.63, 3.8) is 0 Å². The molecule has 0 aliphatic carbocycles. The molecule has 21 heavy (non-hydrogen) atoms. The minimum Gasteiger partial charge on any atom is -0.472 e. The van der Waals surface area contributed by atoms with Crippen molar-refractivity contribution in [2.75, 3.05) is 37.8 Å². The zero-order valence-electron chi connectivity index (χ0n) is 11.9. The number of nitrogens with one attached hydrogen (secondary N) is 1. The third-order valence-electron chi connectivity index (χ3n) is 2.38. The summed E-state index contributed by atoms with van der Waals surface area (Å²) in [6, 6.07) is 0. The van der Waals surface area contributed by atoms with Crippen molar-refractivity contribution in [3.8, 4) is 5.19 Å². The molecule has 0 saturated carbocycles. The fourth-order valence-corrected chi connectivity index (χ4v) is 3.91. The fourth-order valence-electron chi connectivity index (χ4n) is 1.40. The molecule has 0 fully saturated rings. The quantitative estimate of drug-likeness (QED) is 0.516. The molecule has 1 N–H and O–H groups in total. The van der Waals surface area contributed by atoms with Gasteiger partial charge < -0.3 is 14.8 Å². The van der Waals surface area contributed by atoms with Gasteiger partial charge in [0.15, 0.2) is 0 Å². The summed E-state index contributed by atoms with van der Waals surface area (Å²) in [5.41, 5.74) is 0. The minimum atomic E-state index is 0.453. The van der Waals surface area contributed by atoms with Gasteiger partial charge in [-0.1, -0.05) is 22.7 Å². The Bertz CT molecular complexity index is 533. The van der Waals surface area contributed by atoms with Crippen molar-refractivity contribution >= 4 is 39.6 Å². The van der Waals surface area contributed by atoms with Gasteiger partial charge in [-0.3, -0.25) is 0 Å². The molecule has 7 nitrogen and oxygen atoms in total. The van der Waals surface area contributed by atoms with Gasteiger partial charge in [0.25, 0.3) is 5.19 Å². The van der Waals surface area contributed by atoms with E-state index in [4.69, 9.17) is 9.47 Å². The summed E-state index contributed by atoms with van der Waals surface area (Å²) in [6.07, 6.45) is 1.85. The average Bonchev–Trinajstić information content (AvgIpc) is 3.14. The molecule has 0 aromatic carbocycles. The van der Waals surface area contributed by atoms with Crippen molar-refractivity contribution < 1.29 is 9.47 Å². The molecule has 2 aromatic rings. The number of aromatic nitrogens is 4. The van der Waals surface area contributed by atoms with Crippen LogP contribution in [0.4, 0.5) is 5.13 Å². The standard InChI is InChI=1S/C11H17N5O2S3/c1-17-7-12-10-15-13-8(20-10)3-5-19-6-4-9-14-16-11(18-2)21-9/h3-7H2,1-2H3,(H,12,15). The first kappa shape index (κ1) is 16.4. The first-order valence-corrected chi connectivity index (χ1v) is 9.10. The van der Waals surface area contributed by atoms with E-state index in [9.17, 15) is 0 Å². The summed E-state index contributed by atoms with van der Waals surface area (Å²) in [4.78, 5) is 0. The predicted octanol–water partition coefficient (Wildman–Crippen LogP) is 1.93.